The van der Waals surface area contributed by atoms with Crippen LogP contribution in [-0.2, 0) is 9.47 Å². The minimum Gasteiger partial charge on any atom is -0.379 e. The van der Waals surface area contributed by atoms with Crippen molar-refractivity contribution in [3.63, 3.8) is 0 Å². The van der Waals surface area contributed by atoms with E-state index in [1.54, 1.807) is 0 Å². The molecule has 0 atom stereocenters. The Morgan fingerprint density at radius 1 is 1.00 bits per heavy atom. The van der Waals surface area contributed by atoms with Gasteiger partial charge in [-0.3, -0.25) is 0 Å². The van der Waals surface area contributed by atoms with Crippen molar-refractivity contribution in [3.05, 3.63) is 0 Å². The average Bonchev–Trinajstić information content (AvgIpc) is 2.16. The van der Waals surface area contributed by atoms with Crippen LogP contribution in [0.2, 0.25) is 0 Å². The van der Waals surface area contributed by atoms with Crippen LogP contribution in [0.3, 0.4) is 0 Å². The van der Waals surface area contributed by atoms with Crippen LogP contribution in [0.15, 0.2) is 0 Å². The highest BCUT2D eigenvalue weighted by atomic mass is 31.1. The van der Waals surface area contributed by atoms with Gasteiger partial charge in [-0.1, -0.05) is 13.8 Å². The first-order chi connectivity index (χ1) is 6.70. The lowest BCUT2D eigenvalue weighted by molar-refractivity contribution is 0.0236. The fourth-order valence-corrected chi connectivity index (χ4v) is 2.65. The van der Waals surface area contributed by atoms with Gasteiger partial charge in [-0.25, -0.2) is 0 Å². The third-order valence-corrected chi connectivity index (χ3v) is 4.73. The molecule has 0 saturated heterocycles. The standard InChI is InChI=1S/C11H25O2P/c1-5-14(6-2)10-9-12-7-8-13-11(3)4/h11H,5-10H2,1-4H3. The molecule has 0 spiro atoms. The quantitative estimate of drug-likeness (QED) is 0.439. The van der Waals surface area contributed by atoms with Gasteiger partial charge < -0.3 is 9.47 Å². The van der Waals surface area contributed by atoms with Gasteiger partial charge in [0.2, 0.25) is 0 Å². The molecule has 0 bridgehead atoms. The Labute approximate surface area is 90.1 Å². The van der Waals surface area contributed by atoms with Crippen molar-refractivity contribution in [2.75, 3.05) is 38.3 Å². The zero-order valence-corrected chi connectivity index (χ0v) is 11.0. The molecule has 0 fully saturated rings. The van der Waals surface area contributed by atoms with E-state index in [2.05, 4.69) is 13.8 Å². The van der Waals surface area contributed by atoms with Gasteiger partial charge in [-0.05, 0) is 32.3 Å². The van der Waals surface area contributed by atoms with Crippen LogP contribution in [0.5, 0.6) is 0 Å². The predicted molar refractivity (Wildman–Crippen MR) is 64.8 cm³/mol. The van der Waals surface area contributed by atoms with E-state index in [0.29, 0.717) is 6.10 Å². The third-order valence-electron chi connectivity index (χ3n) is 2.13. The molecule has 14 heavy (non-hydrogen) atoms. The van der Waals surface area contributed by atoms with Gasteiger partial charge in [0.15, 0.2) is 0 Å². The SMILES string of the molecule is CCP(CC)CCOCCOC(C)C. The molecule has 86 valence electrons. The second kappa shape index (κ2) is 9.89. The minimum atomic E-state index is 0.245. The molecule has 0 saturated carbocycles. The molecule has 0 aliphatic rings. The summed E-state index contributed by atoms with van der Waals surface area (Å²) < 4.78 is 10.9. The van der Waals surface area contributed by atoms with Gasteiger partial charge in [0.05, 0.1) is 25.9 Å². The molecule has 0 aromatic carbocycles. The fourth-order valence-electron chi connectivity index (χ4n) is 1.18. The first kappa shape index (κ1) is 14.3. The van der Waals surface area contributed by atoms with Crippen LogP contribution in [-0.4, -0.2) is 44.4 Å². The van der Waals surface area contributed by atoms with Crippen LogP contribution >= 0.6 is 7.92 Å². The molecule has 0 aliphatic carbocycles. The lowest BCUT2D eigenvalue weighted by Crippen LogP contribution is -2.11. The highest BCUT2D eigenvalue weighted by Gasteiger charge is 2.01. The van der Waals surface area contributed by atoms with Crippen molar-refractivity contribution >= 4 is 7.92 Å². The summed E-state index contributed by atoms with van der Waals surface area (Å²) in [6, 6.07) is 0. The maximum Gasteiger partial charge on any atom is 0.0703 e. The van der Waals surface area contributed by atoms with Gasteiger partial charge in [-0.2, -0.15) is 0 Å². The van der Waals surface area contributed by atoms with Crippen molar-refractivity contribution in [1.29, 1.82) is 0 Å². The van der Waals surface area contributed by atoms with E-state index in [-0.39, 0.29) is 7.92 Å². The van der Waals surface area contributed by atoms with Crippen molar-refractivity contribution < 1.29 is 9.47 Å². The Morgan fingerprint density at radius 3 is 2.14 bits per heavy atom. The molecule has 0 rings (SSSR count). The summed E-state index contributed by atoms with van der Waals surface area (Å²) in [5, 5.41) is 0. The van der Waals surface area contributed by atoms with Crippen LogP contribution in [0, 0.1) is 0 Å². The first-order valence-electron chi connectivity index (χ1n) is 5.62. The number of ether oxygens (including phenoxy) is 2. The highest BCUT2D eigenvalue weighted by Crippen LogP contribution is 2.33. The van der Waals surface area contributed by atoms with Crippen molar-refractivity contribution in [1.82, 2.24) is 0 Å². The molecule has 0 radical (unpaired) electrons. The number of rotatable bonds is 9. The van der Waals surface area contributed by atoms with Crippen LogP contribution < -0.4 is 0 Å². The lowest BCUT2D eigenvalue weighted by atomic mass is 10.5. The fraction of sp³-hybridized carbons (Fsp3) is 1.00. The van der Waals surface area contributed by atoms with Gasteiger partial charge >= 0.3 is 0 Å². The maximum atomic E-state index is 5.51. The Kier molecular flexibility index (Phi) is 10.1. The Bertz CT molecular complexity index is 114. The zero-order chi connectivity index (χ0) is 10.8. The van der Waals surface area contributed by atoms with E-state index in [1.165, 1.54) is 18.5 Å². The molecule has 0 amide bonds. The summed E-state index contributed by atoms with van der Waals surface area (Å²) in [5.74, 6) is 0. The molecule has 0 unspecified atom stereocenters. The average molecular weight is 220 g/mol. The van der Waals surface area contributed by atoms with Crippen molar-refractivity contribution in [3.8, 4) is 0 Å². The van der Waals surface area contributed by atoms with E-state index >= 15 is 0 Å². The smallest absolute Gasteiger partial charge is 0.0703 e. The zero-order valence-electron chi connectivity index (χ0n) is 10.1. The topological polar surface area (TPSA) is 18.5 Å². The van der Waals surface area contributed by atoms with Gasteiger partial charge in [-0.15, -0.1) is 7.92 Å². The first-order valence-corrected chi connectivity index (χ1v) is 7.52. The summed E-state index contributed by atoms with van der Waals surface area (Å²) in [6.45, 7) is 11.0. The summed E-state index contributed by atoms with van der Waals surface area (Å²) in [7, 11) is 0.245. The molecule has 0 heterocycles. The monoisotopic (exact) mass is 220 g/mol. The summed E-state index contributed by atoms with van der Waals surface area (Å²) in [4.78, 5) is 0. The molecule has 0 aliphatic heterocycles. The lowest BCUT2D eigenvalue weighted by Gasteiger charge is -2.13. The van der Waals surface area contributed by atoms with Gasteiger partial charge in [0, 0.05) is 0 Å². The molecular weight excluding hydrogens is 195 g/mol. The van der Waals surface area contributed by atoms with Crippen molar-refractivity contribution in [2.45, 2.75) is 33.8 Å². The maximum absolute atomic E-state index is 5.51. The number of hydrogen-bond donors (Lipinski definition) is 0. The van der Waals surface area contributed by atoms with Crippen LogP contribution in [0.1, 0.15) is 27.7 Å². The van der Waals surface area contributed by atoms with Crippen LogP contribution in [0.4, 0.5) is 0 Å². The van der Waals surface area contributed by atoms with E-state index in [9.17, 15) is 0 Å². The Balaban J connectivity index is 3.12. The normalized spacial score (nSPS) is 11.6. The van der Waals surface area contributed by atoms with Gasteiger partial charge in [0.25, 0.3) is 0 Å². The molecule has 0 N–H and O–H groups in total. The van der Waals surface area contributed by atoms with E-state index in [0.717, 1.165) is 19.8 Å². The second-order valence-corrected chi connectivity index (χ2v) is 6.61. The Morgan fingerprint density at radius 2 is 1.64 bits per heavy atom. The summed E-state index contributed by atoms with van der Waals surface area (Å²) >= 11 is 0. The molecule has 0 aromatic rings. The van der Waals surface area contributed by atoms with E-state index in [4.69, 9.17) is 9.47 Å². The van der Waals surface area contributed by atoms with E-state index in [1.807, 2.05) is 13.8 Å². The molecule has 2 nitrogen and oxygen atoms in total. The summed E-state index contributed by atoms with van der Waals surface area (Å²) in [6.07, 6.45) is 4.24. The van der Waals surface area contributed by atoms with Gasteiger partial charge in [0.1, 0.15) is 0 Å². The van der Waals surface area contributed by atoms with Crippen molar-refractivity contribution in [2.24, 2.45) is 0 Å². The number of hydrogen-bond acceptors (Lipinski definition) is 2. The summed E-state index contributed by atoms with van der Waals surface area (Å²) in [5.41, 5.74) is 0. The highest BCUT2D eigenvalue weighted by molar-refractivity contribution is 7.57. The molecule has 3 heteroatoms. The predicted octanol–water partition coefficient (Wildman–Crippen LogP) is 2.95. The molecular formula is C11H25O2P. The Hall–Kier alpha value is 0.350. The molecule has 0 aromatic heterocycles. The second-order valence-electron chi connectivity index (χ2n) is 3.56. The van der Waals surface area contributed by atoms with E-state index < -0.39 is 0 Å². The van der Waals surface area contributed by atoms with Crippen LogP contribution in [0.25, 0.3) is 0 Å². The largest absolute Gasteiger partial charge is 0.379 e. The third kappa shape index (κ3) is 8.93. The minimum absolute atomic E-state index is 0.245.